The molecule has 2 amide bonds. The van der Waals surface area contributed by atoms with Crippen molar-refractivity contribution in [3.8, 4) is 0 Å². The normalized spacial score (nSPS) is 26.5. The van der Waals surface area contributed by atoms with E-state index in [4.69, 9.17) is 9.47 Å². The van der Waals surface area contributed by atoms with Crippen LogP contribution in [0.25, 0.3) is 0 Å². The third-order valence-corrected chi connectivity index (χ3v) is 6.62. The summed E-state index contributed by atoms with van der Waals surface area (Å²) in [6.07, 6.45) is 4.04. The van der Waals surface area contributed by atoms with E-state index in [0.29, 0.717) is 12.8 Å². The van der Waals surface area contributed by atoms with Gasteiger partial charge in [-0.1, -0.05) is 36.4 Å². The molecule has 2 saturated carbocycles. The highest BCUT2D eigenvalue weighted by molar-refractivity contribution is 6.07. The maximum absolute atomic E-state index is 12.7. The van der Waals surface area contributed by atoms with E-state index in [2.05, 4.69) is 23.8 Å². The van der Waals surface area contributed by atoms with Gasteiger partial charge in [-0.3, -0.25) is 19.2 Å². The summed E-state index contributed by atoms with van der Waals surface area (Å²) in [6, 6.07) is 7.34. The van der Waals surface area contributed by atoms with Crippen LogP contribution in [0, 0.1) is 22.7 Å². The molecule has 0 heterocycles. The average molecular weight is 469 g/mol. The molecular formula is C26H32N2O6. The minimum atomic E-state index is -1.18. The largest absolute Gasteiger partial charge is 0.465 e. The molecule has 3 rings (SSSR count). The molecular weight excluding hydrogens is 436 g/mol. The first-order valence-electron chi connectivity index (χ1n) is 11.5. The number of hydrogen-bond donors (Lipinski definition) is 2. The first kappa shape index (κ1) is 25.2. The van der Waals surface area contributed by atoms with Crippen molar-refractivity contribution in [3.63, 3.8) is 0 Å². The molecule has 8 heteroatoms. The molecule has 182 valence electrons. The lowest BCUT2D eigenvalue weighted by molar-refractivity contribution is -0.156. The van der Waals surface area contributed by atoms with E-state index in [1.165, 1.54) is 0 Å². The predicted molar refractivity (Wildman–Crippen MR) is 125 cm³/mol. The van der Waals surface area contributed by atoms with Crippen molar-refractivity contribution in [3.05, 3.63) is 60.7 Å². The number of allylic oxidation sites excluding steroid dienone is 2. The number of hydrogen-bond acceptors (Lipinski definition) is 6. The fraction of sp³-hybridized carbons (Fsp3) is 0.462. The molecule has 0 saturated heterocycles. The third-order valence-electron chi connectivity index (χ3n) is 6.62. The first-order chi connectivity index (χ1) is 16.3. The summed E-state index contributed by atoms with van der Waals surface area (Å²) < 4.78 is 10.2. The second kappa shape index (κ2) is 10.2. The standard InChI is InChI=1S/C26H32N2O6/c1-5-19-13-25(19,23(31)33-7-3)21(29)27-15-17-9-11-18(12-10-17)16-28-22(30)26(14-20(26)6-2)24(32)34-8-4/h5-6,9-12,19-20H,1-2,7-8,13-16H2,3-4H3,(H,27,29)(H,28,30). The monoisotopic (exact) mass is 468 g/mol. The summed E-state index contributed by atoms with van der Waals surface area (Å²) in [5, 5.41) is 5.64. The van der Waals surface area contributed by atoms with Crippen molar-refractivity contribution < 1.29 is 28.7 Å². The molecule has 2 fully saturated rings. The van der Waals surface area contributed by atoms with Gasteiger partial charge >= 0.3 is 11.9 Å². The molecule has 0 bridgehead atoms. The number of carbonyl (C=O) groups is 4. The lowest BCUT2D eigenvalue weighted by Crippen LogP contribution is -2.39. The lowest BCUT2D eigenvalue weighted by atomic mass is 10.0. The van der Waals surface area contributed by atoms with E-state index in [1.807, 2.05) is 24.3 Å². The molecule has 0 radical (unpaired) electrons. The van der Waals surface area contributed by atoms with Gasteiger partial charge in [0.15, 0.2) is 10.8 Å². The fourth-order valence-electron chi connectivity index (χ4n) is 4.30. The summed E-state index contributed by atoms with van der Waals surface area (Å²) in [5.74, 6) is -2.20. The molecule has 34 heavy (non-hydrogen) atoms. The average Bonchev–Trinajstić information content (AvgIpc) is 3.75. The van der Waals surface area contributed by atoms with Crippen LogP contribution in [0.5, 0.6) is 0 Å². The highest BCUT2D eigenvalue weighted by atomic mass is 16.5. The Morgan fingerprint density at radius 2 is 1.18 bits per heavy atom. The van der Waals surface area contributed by atoms with Gasteiger partial charge in [-0.25, -0.2) is 0 Å². The Morgan fingerprint density at radius 1 is 0.824 bits per heavy atom. The zero-order valence-electron chi connectivity index (χ0n) is 19.7. The number of benzene rings is 1. The van der Waals surface area contributed by atoms with Crippen LogP contribution in [0.15, 0.2) is 49.6 Å². The van der Waals surface area contributed by atoms with Crippen molar-refractivity contribution in [1.29, 1.82) is 0 Å². The summed E-state index contributed by atoms with van der Waals surface area (Å²) in [7, 11) is 0. The van der Waals surface area contributed by atoms with Crippen LogP contribution in [0.2, 0.25) is 0 Å². The number of esters is 2. The first-order valence-corrected chi connectivity index (χ1v) is 11.5. The molecule has 8 nitrogen and oxygen atoms in total. The van der Waals surface area contributed by atoms with E-state index >= 15 is 0 Å². The van der Waals surface area contributed by atoms with Gasteiger partial charge in [0.1, 0.15) is 0 Å². The molecule has 0 spiro atoms. The maximum Gasteiger partial charge on any atom is 0.322 e. The maximum atomic E-state index is 12.7. The number of rotatable bonds is 12. The zero-order chi connectivity index (χ0) is 24.9. The second-order valence-corrected chi connectivity index (χ2v) is 8.66. The van der Waals surface area contributed by atoms with Gasteiger partial charge < -0.3 is 20.1 Å². The van der Waals surface area contributed by atoms with Gasteiger partial charge in [0.2, 0.25) is 11.8 Å². The van der Waals surface area contributed by atoms with Gasteiger partial charge in [0.25, 0.3) is 0 Å². The fourth-order valence-corrected chi connectivity index (χ4v) is 4.30. The Hall–Kier alpha value is -3.42. The summed E-state index contributed by atoms with van der Waals surface area (Å²) >= 11 is 0. The Bertz CT molecular complexity index is 909. The Morgan fingerprint density at radius 3 is 1.44 bits per heavy atom. The highest BCUT2D eigenvalue weighted by Gasteiger charge is 2.66. The van der Waals surface area contributed by atoms with E-state index in [-0.39, 0.29) is 50.0 Å². The summed E-state index contributed by atoms with van der Waals surface area (Å²) in [5.41, 5.74) is -0.670. The number of amides is 2. The smallest absolute Gasteiger partial charge is 0.322 e. The van der Waals surface area contributed by atoms with Crippen LogP contribution in [0.4, 0.5) is 0 Å². The number of ether oxygens (including phenoxy) is 2. The van der Waals surface area contributed by atoms with Crippen LogP contribution in [0.1, 0.15) is 37.8 Å². The van der Waals surface area contributed by atoms with E-state index in [1.54, 1.807) is 26.0 Å². The van der Waals surface area contributed by atoms with Gasteiger partial charge in [-0.2, -0.15) is 0 Å². The van der Waals surface area contributed by atoms with Crippen molar-refractivity contribution in [2.75, 3.05) is 13.2 Å². The Balaban J connectivity index is 1.53. The second-order valence-electron chi connectivity index (χ2n) is 8.66. The SMILES string of the molecule is C=CC1CC1(C(=O)NCc1ccc(CNC(=O)C2(C(=O)OCC)CC2C=C)cc1)C(=O)OCC. The molecule has 4 unspecified atom stereocenters. The van der Waals surface area contributed by atoms with Crippen molar-refractivity contribution in [2.24, 2.45) is 22.7 Å². The topological polar surface area (TPSA) is 111 Å². The summed E-state index contributed by atoms with van der Waals surface area (Å²) in [4.78, 5) is 50.1. The minimum absolute atomic E-state index is 0.213. The molecule has 4 atom stereocenters. The van der Waals surface area contributed by atoms with Crippen LogP contribution >= 0.6 is 0 Å². The van der Waals surface area contributed by atoms with Gasteiger partial charge in [0.05, 0.1) is 13.2 Å². The Kier molecular flexibility index (Phi) is 7.59. The van der Waals surface area contributed by atoms with E-state index < -0.39 is 22.8 Å². The molecule has 1 aromatic rings. The van der Waals surface area contributed by atoms with Crippen LogP contribution in [-0.2, 0) is 41.7 Å². The van der Waals surface area contributed by atoms with E-state index in [0.717, 1.165) is 11.1 Å². The van der Waals surface area contributed by atoms with Crippen molar-refractivity contribution >= 4 is 23.8 Å². The van der Waals surface area contributed by atoms with E-state index in [9.17, 15) is 19.2 Å². The van der Waals surface area contributed by atoms with Crippen LogP contribution in [-0.4, -0.2) is 37.0 Å². The number of nitrogens with one attached hydrogen (secondary N) is 2. The van der Waals surface area contributed by atoms with Crippen molar-refractivity contribution in [1.82, 2.24) is 10.6 Å². The highest BCUT2D eigenvalue weighted by Crippen LogP contribution is 2.55. The van der Waals surface area contributed by atoms with Crippen LogP contribution < -0.4 is 10.6 Å². The minimum Gasteiger partial charge on any atom is -0.465 e. The van der Waals surface area contributed by atoms with Gasteiger partial charge in [-0.15, -0.1) is 13.2 Å². The molecule has 0 aliphatic heterocycles. The van der Waals surface area contributed by atoms with Gasteiger partial charge in [-0.05, 0) is 37.8 Å². The van der Waals surface area contributed by atoms with Crippen molar-refractivity contribution in [2.45, 2.75) is 39.8 Å². The molecule has 2 aliphatic carbocycles. The molecule has 1 aromatic carbocycles. The summed E-state index contributed by atoms with van der Waals surface area (Å²) in [6.45, 7) is 11.7. The zero-order valence-corrected chi connectivity index (χ0v) is 19.7. The molecule has 2 aliphatic rings. The number of carbonyl (C=O) groups excluding carboxylic acids is 4. The lowest BCUT2D eigenvalue weighted by Gasteiger charge is -2.16. The van der Waals surface area contributed by atoms with Gasteiger partial charge in [0, 0.05) is 24.9 Å². The third kappa shape index (κ3) is 4.62. The van der Waals surface area contributed by atoms with Crippen LogP contribution in [0.3, 0.4) is 0 Å². The predicted octanol–water partition coefficient (Wildman–Crippen LogP) is 2.43. The Labute approximate surface area is 199 Å². The quantitative estimate of drug-likeness (QED) is 0.277. The molecule has 0 aromatic heterocycles. The molecule has 2 N–H and O–H groups in total.